The maximum atomic E-state index is 12.9. The summed E-state index contributed by atoms with van der Waals surface area (Å²) in [5.74, 6) is 0.0721. The van der Waals surface area contributed by atoms with Gasteiger partial charge in [-0.15, -0.1) is 11.3 Å². The number of carbonyl (C=O) groups excluding carboxylic acids is 1. The molecular weight excluding hydrogens is 392 g/mol. The van der Waals surface area contributed by atoms with Crippen molar-refractivity contribution in [2.24, 2.45) is 0 Å². The Hall–Kier alpha value is -2.64. The average Bonchev–Trinajstić information content (AvgIpc) is 3.18. The van der Waals surface area contributed by atoms with Gasteiger partial charge in [0, 0.05) is 12.7 Å². The maximum Gasteiger partial charge on any atom is 0.267 e. The number of nitrogens with one attached hydrogen (secondary N) is 1. The van der Waals surface area contributed by atoms with E-state index in [2.05, 4.69) is 19.2 Å². The predicted molar refractivity (Wildman–Crippen MR) is 115 cm³/mol. The lowest BCUT2D eigenvalue weighted by atomic mass is 10.0. The Balaban J connectivity index is 1.84. The Labute approximate surface area is 169 Å². The summed E-state index contributed by atoms with van der Waals surface area (Å²) < 4.78 is 26.9. The van der Waals surface area contributed by atoms with Crippen molar-refractivity contribution in [2.75, 3.05) is 16.7 Å². The molecule has 0 saturated heterocycles. The first kappa shape index (κ1) is 20.1. The standard InChI is InChI=1S/C21H22N2O3S2/c1-15(2)16-9-11-17(12-10-16)22-21(24)20-19(13-14-27-20)23(3)28(25,26)18-7-5-4-6-8-18/h4-15H,1-3H3,(H,22,24). The highest BCUT2D eigenvalue weighted by Gasteiger charge is 2.26. The van der Waals surface area contributed by atoms with Crippen molar-refractivity contribution < 1.29 is 13.2 Å². The smallest absolute Gasteiger partial charge is 0.267 e. The normalized spacial score (nSPS) is 11.4. The van der Waals surface area contributed by atoms with Gasteiger partial charge in [-0.2, -0.15) is 0 Å². The molecule has 1 heterocycles. The van der Waals surface area contributed by atoms with Gasteiger partial charge in [-0.05, 0) is 47.2 Å². The highest BCUT2D eigenvalue weighted by molar-refractivity contribution is 7.92. The van der Waals surface area contributed by atoms with Crippen LogP contribution in [0.15, 0.2) is 70.9 Å². The average molecular weight is 415 g/mol. The third-order valence-corrected chi connectivity index (χ3v) is 7.11. The lowest BCUT2D eigenvalue weighted by molar-refractivity contribution is 0.103. The molecule has 0 fully saturated rings. The lowest BCUT2D eigenvalue weighted by Crippen LogP contribution is -2.28. The second-order valence-electron chi connectivity index (χ2n) is 6.65. The number of anilines is 2. The quantitative estimate of drug-likeness (QED) is 0.621. The molecular formula is C21H22N2O3S2. The molecule has 0 unspecified atom stereocenters. The molecule has 0 bridgehead atoms. The summed E-state index contributed by atoms with van der Waals surface area (Å²) in [6.45, 7) is 4.21. The van der Waals surface area contributed by atoms with Crippen LogP contribution in [0.4, 0.5) is 11.4 Å². The first-order valence-electron chi connectivity index (χ1n) is 8.83. The van der Waals surface area contributed by atoms with Crippen LogP contribution in [0.1, 0.15) is 35.0 Å². The van der Waals surface area contributed by atoms with E-state index in [1.165, 1.54) is 36.1 Å². The van der Waals surface area contributed by atoms with E-state index in [4.69, 9.17) is 0 Å². The lowest BCUT2D eigenvalue weighted by Gasteiger charge is -2.19. The van der Waals surface area contributed by atoms with Crippen LogP contribution in [0, 0.1) is 0 Å². The van der Waals surface area contributed by atoms with Crippen LogP contribution in [0.25, 0.3) is 0 Å². The summed E-state index contributed by atoms with van der Waals surface area (Å²) in [5, 5.41) is 4.56. The topological polar surface area (TPSA) is 66.5 Å². The van der Waals surface area contributed by atoms with Crippen LogP contribution in [-0.4, -0.2) is 21.4 Å². The van der Waals surface area contributed by atoms with Crippen LogP contribution in [0.2, 0.25) is 0 Å². The Morgan fingerprint density at radius 2 is 1.64 bits per heavy atom. The Morgan fingerprint density at radius 1 is 1.00 bits per heavy atom. The molecule has 1 N–H and O–H groups in total. The minimum atomic E-state index is -3.75. The van der Waals surface area contributed by atoms with Crippen LogP contribution >= 0.6 is 11.3 Å². The summed E-state index contributed by atoms with van der Waals surface area (Å²) >= 11 is 1.21. The first-order valence-corrected chi connectivity index (χ1v) is 11.2. The number of thiophene rings is 1. The molecule has 0 saturated carbocycles. The summed E-state index contributed by atoms with van der Waals surface area (Å²) in [6.07, 6.45) is 0. The van der Waals surface area contributed by atoms with Gasteiger partial charge in [-0.1, -0.05) is 44.2 Å². The van der Waals surface area contributed by atoms with Gasteiger partial charge < -0.3 is 5.32 Å². The summed E-state index contributed by atoms with van der Waals surface area (Å²) in [5.41, 5.74) is 2.20. The highest BCUT2D eigenvalue weighted by Crippen LogP contribution is 2.30. The minimum Gasteiger partial charge on any atom is -0.321 e. The molecule has 0 aliphatic heterocycles. The summed E-state index contributed by atoms with van der Waals surface area (Å²) in [6, 6.07) is 17.5. The Bertz CT molecular complexity index is 1060. The molecule has 2 aromatic carbocycles. The van der Waals surface area contributed by atoms with Gasteiger partial charge in [0.05, 0.1) is 10.6 Å². The molecule has 7 heteroatoms. The maximum absolute atomic E-state index is 12.9. The van der Waals surface area contributed by atoms with E-state index in [1.807, 2.05) is 24.3 Å². The first-order chi connectivity index (χ1) is 13.3. The highest BCUT2D eigenvalue weighted by atomic mass is 32.2. The fourth-order valence-electron chi connectivity index (χ4n) is 2.74. The number of amides is 1. The third-order valence-electron chi connectivity index (χ3n) is 4.43. The number of benzene rings is 2. The summed E-state index contributed by atoms with van der Waals surface area (Å²) in [7, 11) is -2.29. The monoisotopic (exact) mass is 414 g/mol. The van der Waals surface area contributed by atoms with E-state index >= 15 is 0 Å². The summed E-state index contributed by atoms with van der Waals surface area (Å²) in [4.78, 5) is 13.3. The number of hydrogen-bond donors (Lipinski definition) is 1. The molecule has 1 aromatic heterocycles. The molecule has 1 amide bonds. The zero-order valence-corrected chi connectivity index (χ0v) is 17.5. The molecule has 3 rings (SSSR count). The van der Waals surface area contributed by atoms with E-state index < -0.39 is 10.0 Å². The molecule has 0 aliphatic rings. The molecule has 146 valence electrons. The van der Waals surface area contributed by atoms with Gasteiger partial charge in [0.1, 0.15) is 4.88 Å². The zero-order chi connectivity index (χ0) is 20.3. The number of rotatable bonds is 6. The fraction of sp³-hybridized carbons (Fsp3) is 0.190. The fourth-order valence-corrected chi connectivity index (χ4v) is 4.84. The van der Waals surface area contributed by atoms with Crippen molar-refractivity contribution in [3.05, 3.63) is 76.5 Å². The number of hydrogen-bond acceptors (Lipinski definition) is 4. The third kappa shape index (κ3) is 4.10. The number of sulfonamides is 1. The Kier molecular flexibility index (Phi) is 5.86. The number of nitrogens with zero attached hydrogens (tertiary/aromatic N) is 1. The van der Waals surface area contributed by atoms with E-state index in [1.54, 1.807) is 29.6 Å². The SMILES string of the molecule is CC(C)c1ccc(NC(=O)c2sccc2N(C)S(=O)(=O)c2ccccc2)cc1. The second-order valence-corrected chi connectivity index (χ2v) is 9.54. The van der Waals surface area contributed by atoms with Gasteiger partial charge in [-0.3, -0.25) is 9.10 Å². The molecule has 5 nitrogen and oxygen atoms in total. The van der Waals surface area contributed by atoms with Gasteiger partial charge in [0.2, 0.25) is 0 Å². The van der Waals surface area contributed by atoms with Crippen molar-refractivity contribution in [2.45, 2.75) is 24.7 Å². The predicted octanol–water partition coefficient (Wildman–Crippen LogP) is 4.95. The van der Waals surface area contributed by atoms with E-state index in [0.29, 0.717) is 22.2 Å². The molecule has 3 aromatic rings. The van der Waals surface area contributed by atoms with E-state index in [0.717, 1.165) is 4.31 Å². The van der Waals surface area contributed by atoms with Gasteiger partial charge in [0.15, 0.2) is 0 Å². The van der Waals surface area contributed by atoms with Crippen molar-refractivity contribution in [3.63, 3.8) is 0 Å². The van der Waals surface area contributed by atoms with Crippen LogP contribution < -0.4 is 9.62 Å². The minimum absolute atomic E-state index is 0.180. The van der Waals surface area contributed by atoms with Gasteiger partial charge in [0.25, 0.3) is 15.9 Å². The zero-order valence-electron chi connectivity index (χ0n) is 15.9. The molecule has 0 aliphatic carbocycles. The van der Waals surface area contributed by atoms with Crippen LogP contribution in [-0.2, 0) is 10.0 Å². The molecule has 0 radical (unpaired) electrons. The van der Waals surface area contributed by atoms with Crippen molar-refractivity contribution in [3.8, 4) is 0 Å². The van der Waals surface area contributed by atoms with Crippen molar-refractivity contribution >= 4 is 38.6 Å². The van der Waals surface area contributed by atoms with Crippen molar-refractivity contribution in [1.82, 2.24) is 0 Å². The second kappa shape index (κ2) is 8.16. The van der Waals surface area contributed by atoms with Crippen LogP contribution in [0.3, 0.4) is 0 Å². The van der Waals surface area contributed by atoms with Crippen LogP contribution in [0.5, 0.6) is 0 Å². The molecule has 0 spiro atoms. The van der Waals surface area contributed by atoms with Crippen molar-refractivity contribution in [1.29, 1.82) is 0 Å². The van der Waals surface area contributed by atoms with Gasteiger partial charge in [-0.25, -0.2) is 8.42 Å². The molecule has 0 atom stereocenters. The van der Waals surface area contributed by atoms with E-state index in [-0.39, 0.29) is 10.8 Å². The molecule has 28 heavy (non-hydrogen) atoms. The van der Waals surface area contributed by atoms with Gasteiger partial charge >= 0.3 is 0 Å². The largest absolute Gasteiger partial charge is 0.321 e. The van der Waals surface area contributed by atoms with E-state index in [9.17, 15) is 13.2 Å². The Morgan fingerprint density at radius 3 is 2.25 bits per heavy atom. The number of carbonyl (C=O) groups is 1.